The first kappa shape index (κ1) is 22.4. The quantitative estimate of drug-likeness (QED) is 0.581. The predicted molar refractivity (Wildman–Crippen MR) is 109 cm³/mol. The largest absolute Gasteiger partial charge is 0.490 e. The SMILES string of the molecule is CCCCn1c(=O)[nH]c(=O)c2c1nc(-c1ccc(OCC(F)(F)F)c(OCC)c1)n2C. The Labute approximate surface area is 175 Å². The number of hydrogen-bond donors (Lipinski definition) is 1. The number of hydrogen-bond acceptors (Lipinski definition) is 5. The Hall–Kier alpha value is -3.24. The molecule has 31 heavy (non-hydrogen) atoms. The number of fused-ring (bicyclic) bond motifs is 1. The van der Waals surface area contributed by atoms with Gasteiger partial charge in [-0.2, -0.15) is 13.2 Å². The van der Waals surface area contributed by atoms with Gasteiger partial charge in [-0.15, -0.1) is 0 Å². The molecule has 0 aliphatic carbocycles. The molecule has 0 radical (unpaired) electrons. The van der Waals surface area contributed by atoms with E-state index in [2.05, 4.69) is 9.97 Å². The molecule has 3 rings (SSSR count). The molecular weight excluding hydrogens is 417 g/mol. The molecule has 0 aliphatic heterocycles. The van der Waals surface area contributed by atoms with Gasteiger partial charge in [0.2, 0.25) is 0 Å². The molecule has 3 aromatic rings. The first-order valence-corrected chi connectivity index (χ1v) is 9.82. The van der Waals surface area contributed by atoms with Crippen molar-refractivity contribution in [1.29, 1.82) is 0 Å². The van der Waals surface area contributed by atoms with Gasteiger partial charge in [0.05, 0.1) is 6.61 Å². The van der Waals surface area contributed by atoms with E-state index in [4.69, 9.17) is 9.47 Å². The van der Waals surface area contributed by atoms with Crippen LogP contribution in [0.3, 0.4) is 0 Å². The summed E-state index contributed by atoms with van der Waals surface area (Å²) < 4.78 is 50.8. The molecule has 0 atom stereocenters. The summed E-state index contributed by atoms with van der Waals surface area (Å²) >= 11 is 0. The molecule has 1 N–H and O–H groups in total. The first-order chi connectivity index (χ1) is 14.7. The molecular formula is C20H23F3N4O4. The van der Waals surface area contributed by atoms with E-state index in [9.17, 15) is 22.8 Å². The van der Waals surface area contributed by atoms with E-state index in [1.54, 1.807) is 14.0 Å². The van der Waals surface area contributed by atoms with Crippen molar-refractivity contribution in [2.45, 2.75) is 39.4 Å². The lowest BCUT2D eigenvalue weighted by atomic mass is 10.2. The smallest absolute Gasteiger partial charge is 0.422 e. The van der Waals surface area contributed by atoms with Gasteiger partial charge in [-0.05, 0) is 31.5 Å². The second kappa shape index (κ2) is 8.86. The highest BCUT2D eigenvalue weighted by Crippen LogP contribution is 2.34. The number of halogens is 3. The molecule has 0 aliphatic rings. The lowest BCUT2D eigenvalue weighted by Gasteiger charge is -2.14. The molecule has 0 spiro atoms. The summed E-state index contributed by atoms with van der Waals surface area (Å²) in [6, 6.07) is 4.39. The van der Waals surface area contributed by atoms with Crippen LogP contribution >= 0.6 is 0 Å². The van der Waals surface area contributed by atoms with Gasteiger partial charge in [-0.25, -0.2) is 9.78 Å². The van der Waals surface area contributed by atoms with E-state index in [0.717, 1.165) is 12.8 Å². The van der Waals surface area contributed by atoms with Crippen LogP contribution in [-0.2, 0) is 13.6 Å². The van der Waals surface area contributed by atoms with Gasteiger partial charge in [0.25, 0.3) is 5.56 Å². The molecule has 8 nitrogen and oxygen atoms in total. The average molecular weight is 440 g/mol. The fourth-order valence-corrected chi connectivity index (χ4v) is 3.22. The minimum atomic E-state index is -4.48. The molecule has 0 bridgehead atoms. The molecule has 0 saturated carbocycles. The summed E-state index contributed by atoms with van der Waals surface area (Å²) in [5.74, 6) is 0.424. The number of nitrogens with one attached hydrogen (secondary N) is 1. The van der Waals surface area contributed by atoms with E-state index in [1.165, 1.54) is 27.3 Å². The van der Waals surface area contributed by atoms with Crippen LogP contribution in [0.4, 0.5) is 13.2 Å². The summed E-state index contributed by atoms with van der Waals surface area (Å²) in [5, 5.41) is 0. The molecule has 2 aromatic heterocycles. The van der Waals surface area contributed by atoms with Crippen LogP contribution in [0, 0.1) is 0 Å². The van der Waals surface area contributed by atoms with Crippen molar-refractivity contribution in [3.8, 4) is 22.9 Å². The Bertz CT molecular complexity index is 1190. The third kappa shape index (κ3) is 4.75. The summed E-state index contributed by atoms with van der Waals surface area (Å²) in [6.07, 6.45) is -2.90. The Morgan fingerprint density at radius 3 is 2.52 bits per heavy atom. The maximum absolute atomic E-state index is 12.5. The predicted octanol–water partition coefficient (Wildman–Crippen LogP) is 3.23. The first-order valence-electron chi connectivity index (χ1n) is 9.82. The average Bonchev–Trinajstić information content (AvgIpc) is 3.04. The fourth-order valence-electron chi connectivity index (χ4n) is 3.22. The number of alkyl halides is 3. The zero-order chi connectivity index (χ0) is 22.8. The van der Waals surface area contributed by atoms with Gasteiger partial charge in [-0.1, -0.05) is 13.3 Å². The molecule has 168 valence electrons. The van der Waals surface area contributed by atoms with Crippen LogP contribution in [0.15, 0.2) is 27.8 Å². The highest BCUT2D eigenvalue weighted by Gasteiger charge is 2.29. The van der Waals surface area contributed by atoms with Crippen molar-refractivity contribution in [2.75, 3.05) is 13.2 Å². The summed E-state index contributed by atoms with van der Waals surface area (Å²) in [5.41, 5.74) is -0.141. The van der Waals surface area contributed by atoms with Gasteiger partial charge in [0.1, 0.15) is 5.82 Å². The molecule has 0 unspecified atom stereocenters. The lowest BCUT2D eigenvalue weighted by molar-refractivity contribution is -0.153. The fraction of sp³-hybridized carbons (Fsp3) is 0.450. The van der Waals surface area contributed by atoms with Crippen LogP contribution < -0.4 is 20.7 Å². The second-order valence-corrected chi connectivity index (χ2v) is 6.93. The second-order valence-electron chi connectivity index (χ2n) is 6.93. The summed E-state index contributed by atoms with van der Waals surface area (Å²) in [4.78, 5) is 31.5. The zero-order valence-electron chi connectivity index (χ0n) is 17.4. The minimum Gasteiger partial charge on any atom is -0.490 e. The van der Waals surface area contributed by atoms with Crippen molar-refractivity contribution in [3.05, 3.63) is 39.0 Å². The molecule has 0 saturated heterocycles. The Balaban J connectivity index is 2.11. The van der Waals surface area contributed by atoms with Gasteiger partial charge < -0.3 is 14.0 Å². The lowest BCUT2D eigenvalue weighted by Crippen LogP contribution is -2.31. The number of benzene rings is 1. The van der Waals surface area contributed by atoms with Crippen molar-refractivity contribution < 1.29 is 22.6 Å². The monoisotopic (exact) mass is 440 g/mol. The maximum atomic E-state index is 12.5. The van der Waals surface area contributed by atoms with Gasteiger partial charge in [-0.3, -0.25) is 14.3 Å². The third-order valence-corrected chi connectivity index (χ3v) is 4.64. The van der Waals surface area contributed by atoms with Crippen LogP contribution in [0.2, 0.25) is 0 Å². The van der Waals surface area contributed by atoms with Crippen LogP contribution in [0.5, 0.6) is 11.5 Å². The standard InChI is InChI=1S/C20H23F3N4O4/c1-4-6-9-27-17-15(18(28)25-19(27)29)26(3)16(24-17)12-7-8-13(14(10-12)30-5-2)31-11-20(21,22)23/h7-8,10H,4-6,9,11H2,1-3H3,(H,25,28,29). The number of aromatic nitrogens is 4. The topological polar surface area (TPSA) is 91.1 Å². The number of ether oxygens (including phenoxy) is 2. The number of nitrogens with zero attached hydrogens (tertiary/aromatic N) is 3. The van der Waals surface area contributed by atoms with Crippen LogP contribution in [0.1, 0.15) is 26.7 Å². The highest BCUT2D eigenvalue weighted by atomic mass is 19.4. The number of imidazole rings is 1. The minimum absolute atomic E-state index is 0.0561. The highest BCUT2D eigenvalue weighted by molar-refractivity contribution is 5.77. The number of aryl methyl sites for hydroxylation is 2. The van der Waals surface area contributed by atoms with E-state index >= 15 is 0 Å². The van der Waals surface area contributed by atoms with E-state index < -0.39 is 24.0 Å². The normalized spacial score (nSPS) is 11.8. The van der Waals surface area contributed by atoms with Crippen molar-refractivity contribution in [1.82, 2.24) is 19.1 Å². The van der Waals surface area contributed by atoms with Crippen molar-refractivity contribution in [3.63, 3.8) is 0 Å². The summed E-state index contributed by atoms with van der Waals surface area (Å²) in [6.45, 7) is 2.84. The molecule has 11 heteroatoms. The maximum Gasteiger partial charge on any atom is 0.422 e. The van der Waals surface area contributed by atoms with Gasteiger partial charge in [0.15, 0.2) is 29.3 Å². The Morgan fingerprint density at radius 1 is 1.13 bits per heavy atom. The Kier molecular flexibility index (Phi) is 6.42. The molecule has 1 aromatic carbocycles. The number of aromatic amines is 1. The molecule has 0 amide bonds. The van der Waals surface area contributed by atoms with E-state index in [0.29, 0.717) is 17.9 Å². The van der Waals surface area contributed by atoms with E-state index in [1.807, 2.05) is 6.92 Å². The molecule has 0 fully saturated rings. The van der Waals surface area contributed by atoms with Crippen LogP contribution in [0.25, 0.3) is 22.6 Å². The van der Waals surface area contributed by atoms with E-state index in [-0.39, 0.29) is 29.3 Å². The van der Waals surface area contributed by atoms with Gasteiger partial charge >= 0.3 is 11.9 Å². The van der Waals surface area contributed by atoms with Crippen LogP contribution in [-0.4, -0.2) is 38.5 Å². The van der Waals surface area contributed by atoms with Crippen molar-refractivity contribution >= 4 is 11.2 Å². The number of rotatable bonds is 8. The summed E-state index contributed by atoms with van der Waals surface area (Å²) in [7, 11) is 1.63. The van der Waals surface area contributed by atoms with Crippen molar-refractivity contribution in [2.24, 2.45) is 7.05 Å². The Morgan fingerprint density at radius 2 is 1.87 bits per heavy atom. The molecule has 2 heterocycles. The zero-order valence-corrected chi connectivity index (χ0v) is 17.4. The number of unbranched alkanes of at least 4 members (excludes halogenated alkanes) is 1. The third-order valence-electron chi connectivity index (χ3n) is 4.64. The number of H-pyrrole nitrogens is 1. The van der Waals surface area contributed by atoms with Gasteiger partial charge in [0, 0.05) is 19.2 Å².